The van der Waals surface area contributed by atoms with E-state index in [9.17, 15) is 14.9 Å². The molecule has 1 aliphatic heterocycles. The minimum atomic E-state index is -0.436. The number of aromatic nitrogens is 1. The molecule has 6 nitrogen and oxygen atoms in total. The third-order valence-electron chi connectivity index (χ3n) is 3.36. The molecule has 0 atom stereocenters. The van der Waals surface area contributed by atoms with Crippen LogP contribution in [0.3, 0.4) is 0 Å². The molecule has 0 spiro atoms. The highest BCUT2D eigenvalue weighted by Gasteiger charge is 2.28. The molecule has 0 N–H and O–H groups in total. The van der Waals surface area contributed by atoms with E-state index in [-0.39, 0.29) is 11.6 Å². The summed E-state index contributed by atoms with van der Waals surface area (Å²) in [7, 11) is 1.64. The molecule has 0 bridgehead atoms. The van der Waals surface area contributed by atoms with Gasteiger partial charge in [-0.15, -0.1) is 0 Å². The highest BCUT2D eigenvalue weighted by atomic mass is 32.2. The number of hydrogen-bond acceptors (Lipinski definition) is 5. The van der Waals surface area contributed by atoms with Gasteiger partial charge in [-0.05, 0) is 24.3 Å². The van der Waals surface area contributed by atoms with E-state index in [0.29, 0.717) is 14.9 Å². The zero-order chi connectivity index (χ0) is 16.6. The standard InChI is InChI=1S/C15H11N3O3S2/c1-16-14(19)13(23-15(16)22)9-11-6-3-7-17(11)10-4-2-5-12(8-10)18(20)21/h2-9H,1H3/b13-9-. The summed E-state index contributed by atoms with van der Waals surface area (Å²) >= 11 is 6.35. The molecule has 1 aliphatic rings. The summed E-state index contributed by atoms with van der Waals surface area (Å²) in [4.78, 5) is 24.5. The summed E-state index contributed by atoms with van der Waals surface area (Å²) in [5.41, 5.74) is 1.42. The molecule has 0 unspecified atom stereocenters. The molecule has 1 amide bonds. The average Bonchev–Trinajstić information content (AvgIpc) is 3.09. The van der Waals surface area contributed by atoms with Crippen LogP contribution >= 0.6 is 24.0 Å². The topological polar surface area (TPSA) is 68.4 Å². The van der Waals surface area contributed by atoms with Crippen LogP contribution in [-0.2, 0) is 4.79 Å². The number of thiocarbonyl (C=S) groups is 1. The van der Waals surface area contributed by atoms with Gasteiger partial charge in [-0.25, -0.2) is 0 Å². The molecule has 1 aromatic carbocycles. The molecule has 0 radical (unpaired) electrons. The zero-order valence-electron chi connectivity index (χ0n) is 12.0. The largest absolute Gasteiger partial charge is 0.317 e. The van der Waals surface area contributed by atoms with Crippen LogP contribution in [0.5, 0.6) is 0 Å². The molecule has 116 valence electrons. The van der Waals surface area contributed by atoms with Crippen molar-refractivity contribution in [3.8, 4) is 5.69 Å². The Morgan fingerprint density at radius 3 is 2.74 bits per heavy atom. The van der Waals surface area contributed by atoms with Crippen molar-refractivity contribution in [3.05, 3.63) is 63.3 Å². The number of carbonyl (C=O) groups is 1. The molecule has 0 saturated carbocycles. The number of benzene rings is 1. The fourth-order valence-electron chi connectivity index (χ4n) is 2.18. The normalized spacial score (nSPS) is 16.4. The molecule has 1 aromatic heterocycles. The summed E-state index contributed by atoms with van der Waals surface area (Å²) in [6.45, 7) is 0. The number of hydrogen-bond donors (Lipinski definition) is 0. The second-order valence-electron chi connectivity index (χ2n) is 4.82. The second kappa shape index (κ2) is 5.98. The Balaban J connectivity index is 2.01. The van der Waals surface area contributed by atoms with Crippen LogP contribution in [0.1, 0.15) is 5.69 Å². The maximum Gasteiger partial charge on any atom is 0.271 e. The van der Waals surface area contributed by atoms with E-state index in [2.05, 4.69) is 0 Å². The van der Waals surface area contributed by atoms with E-state index in [1.807, 2.05) is 12.1 Å². The van der Waals surface area contributed by atoms with Crippen LogP contribution in [0, 0.1) is 10.1 Å². The van der Waals surface area contributed by atoms with Gasteiger partial charge in [0.2, 0.25) is 0 Å². The lowest BCUT2D eigenvalue weighted by atomic mass is 10.2. The highest BCUT2D eigenvalue weighted by molar-refractivity contribution is 8.26. The third kappa shape index (κ3) is 2.90. The Kier molecular flexibility index (Phi) is 4.01. The van der Waals surface area contributed by atoms with Gasteiger partial charge in [0.25, 0.3) is 11.6 Å². The smallest absolute Gasteiger partial charge is 0.271 e. The fourth-order valence-corrected chi connectivity index (χ4v) is 3.35. The maximum absolute atomic E-state index is 12.1. The van der Waals surface area contributed by atoms with Crippen molar-refractivity contribution < 1.29 is 9.72 Å². The van der Waals surface area contributed by atoms with Crippen LogP contribution in [0.25, 0.3) is 11.8 Å². The number of likely N-dealkylation sites (N-methyl/N-ethyl adjacent to an activating group) is 1. The van der Waals surface area contributed by atoms with Gasteiger partial charge in [0.05, 0.1) is 15.5 Å². The van der Waals surface area contributed by atoms with Crippen LogP contribution < -0.4 is 0 Å². The first-order chi connectivity index (χ1) is 11.0. The first kappa shape index (κ1) is 15.4. The lowest BCUT2D eigenvalue weighted by Crippen LogP contribution is -2.22. The van der Waals surface area contributed by atoms with E-state index < -0.39 is 4.92 Å². The Hall–Kier alpha value is -2.45. The third-order valence-corrected chi connectivity index (χ3v) is 4.85. The van der Waals surface area contributed by atoms with Crippen molar-refractivity contribution in [2.45, 2.75) is 0 Å². The SMILES string of the molecule is CN1C(=O)/C(=C/c2cccn2-c2cccc([N+](=O)[O-])c2)SC1=S. The molecule has 1 fully saturated rings. The average molecular weight is 345 g/mol. The number of carbonyl (C=O) groups excluding carboxylic acids is 1. The van der Waals surface area contributed by atoms with Crippen molar-refractivity contribution in [1.29, 1.82) is 0 Å². The van der Waals surface area contributed by atoms with Crippen LogP contribution in [-0.4, -0.2) is 31.7 Å². The molecule has 3 rings (SSSR count). The Labute approximate surface area is 141 Å². The maximum atomic E-state index is 12.1. The number of rotatable bonds is 3. The number of amides is 1. The van der Waals surface area contributed by atoms with Gasteiger partial charge in [0, 0.05) is 31.1 Å². The van der Waals surface area contributed by atoms with Gasteiger partial charge >= 0.3 is 0 Å². The molecular weight excluding hydrogens is 334 g/mol. The van der Waals surface area contributed by atoms with E-state index in [1.54, 1.807) is 36.0 Å². The van der Waals surface area contributed by atoms with Gasteiger partial charge in [0.15, 0.2) is 0 Å². The second-order valence-corrected chi connectivity index (χ2v) is 6.50. The molecule has 2 heterocycles. The van der Waals surface area contributed by atoms with E-state index in [1.165, 1.54) is 28.8 Å². The van der Waals surface area contributed by atoms with Gasteiger partial charge in [0.1, 0.15) is 4.32 Å². The van der Waals surface area contributed by atoms with Crippen molar-refractivity contribution in [2.75, 3.05) is 7.05 Å². The number of nitro benzene ring substituents is 1. The number of nitrogens with zero attached hydrogens (tertiary/aromatic N) is 3. The first-order valence-electron chi connectivity index (χ1n) is 6.61. The van der Waals surface area contributed by atoms with E-state index in [4.69, 9.17) is 12.2 Å². The molecular formula is C15H11N3O3S2. The molecule has 1 saturated heterocycles. The first-order valence-corrected chi connectivity index (χ1v) is 7.83. The van der Waals surface area contributed by atoms with Gasteiger partial charge in [-0.1, -0.05) is 30.0 Å². The van der Waals surface area contributed by atoms with Gasteiger partial charge < -0.3 is 4.57 Å². The molecule has 0 aliphatic carbocycles. The van der Waals surface area contributed by atoms with Crippen molar-refractivity contribution in [2.24, 2.45) is 0 Å². The van der Waals surface area contributed by atoms with Crippen LogP contribution in [0.15, 0.2) is 47.5 Å². The Morgan fingerprint density at radius 1 is 1.30 bits per heavy atom. The van der Waals surface area contributed by atoms with Crippen molar-refractivity contribution in [3.63, 3.8) is 0 Å². The fraction of sp³-hybridized carbons (Fsp3) is 0.0667. The predicted octanol–water partition coefficient (Wildman–Crippen LogP) is 3.22. The van der Waals surface area contributed by atoms with Gasteiger partial charge in [-0.2, -0.15) is 0 Å². The van der Waals surface area contributed by atoms with E-state index in [0.717, 1.165) is 5.69 Å². The van der Waals surface area contributed by atoms with Crippen LogP contribution in [0.2, 0.25) is 0 Å². The molecule has 23 heavy (non-hydrogen) atoms. The lowest BCUT2D eigenvalue weighted by molar-refractivity contribution is -0.384. The lowest BCUT2D eigenvalue weighted by Gasteiger charge is -2.07. The van der Waals surface area contributed by atoms with Crippen LogP contribution in [0.4, 0.5) is 5.69 Å². The summed E-state index contributed by atoms with van der Waals surface area (Å²) in [5, 5.41) is 10.9. The highest BCUT2D eigenvalue weighted by Crippen LogP contribution is 2.32. The summed E-state index contributed by atoms with van der Waals surface area (Å²) in [6.07, 6.45) is 3.53. The summed E-state index contributed by atoms with van der Waals surface area (Å²) in [6, 6.07) is 9.98. The Morgan fingerprint density at radius 2 is 2.09 bits per heavy atom. The van der Waals surface area contributed by atoms with E-state index >= 15 is 0 Å². The van der Waals surface area contributed by atoms with Crippen molar-refractivity contribution >= 4 is 46.0 Å². The zero-order valence-corrected chi connectivity index (χ0v) is 13.6. The number of non-ortho nitro benzene ring substituents is 1. The monoisotopic (exact) mass is 345 g/mol. The van der Waals surface area contributed by atoms with Gasteiger partial charge in [-0.3, -0.25) is 19.8 Å². The predicted molar refractivity (Wildman–Crippen MR) is 93.4 cm³/mol. The minimum absolute atomic E-state index is 0.0158. The molecule has 2 aromatic rings. The van der Waals surface area contributed by atoms with Crippen molar-refractivity contribution in [1.82, 2.24) is 9.47 Å². The quantitative estimate of drug-likeness (QED) is 0.370. The number of nitro groups is 1. The number of thioether (sulfide) groups is 1. The summed E-state index contributed by atoms with van der Waals surface area (Å²) < 4.78 is 2.30. The Bertz CT molecular complexity index is 857. The summed E-state index contributed by atoms with van der Waals surface area (Å²) in [5.74, 6) is -0.146. The molecule has 8 heteroatoms. The minimum Gasteiger partial charge on any atom is -0.317 e.